The van der Waals surface area contributed by atoms with Gasteiger partial charge in [0.15, 0.2) is 6.10 Å². The Morgan fingerprint density at radius 3 is 2.85 bits per heavy atom. The van der Waals surface area contributed by atoms with E-state index in [4.69, 9.17) is 10.2 Å². The number of aliphatic carboxylic acids is 1. The molecule has 0 fully saturated rings. The number of amides is 1. The Kier molecular flexibility index (Phi) is 4.31. The second-order valence-electron chi connectivity index (χ2n) is 4.33. The Morgan fingerprint density at radius 2 is 2.10 bits per heavy atom. The van der Waals surface area contributed by atoms with Gasteiger partial charge < -0.3 is 20.1 Å². The first-order chi connectivity index (χ1) is 9.58. The number of para-hydroxylation sites is 2. The fourth-order valence-electron chi connectivity index (χ4n) is 1.80. The summed E-state index contributed by atoms with van der Waals surface area (Å²) in [4.78, 5) is 26.1. The highest BCUT2D eigenvalue weighted by molar-refractivity contribution is 5.78. The average Bonchev–Trinajstić information content (AvgIpc) is 2.85. The van der Waals surface area contributed by atoms with Crippen LogP contribution in [0, 0.1) is 0 Å². The largest absolute Gasteiger partial charge is 0.479 e. The number of aromatic nitrogens is 2. The molecule has 1 aromatic carbocycles. The molecular formula is C13H15N3O4. The SMILES string of the molecule is O=C(CCn1cnc2ccccc21)NCC(O)C(=O)O. The molecule has 1 aromatic heterocycles. The first-order valence-corrected chi connectivity index (χ1v) is 6.15. The van der Waals surface area contributed by atoms with Gasteiger partial charge >= 0.3 is 5.97 Å². The molecule has 2 rings (SSSR count). The minimum Gasteiger partial charge on any atom is -0.479 e. The zero-order valence-electron chi connectivity index (χ0n) is 10.7. The molecule has 1 atom stereocenters. The van der Waals surface area contributed by atoms with E-state index in [1.54, 1.807) is 6.33 Å². The van der Waals surface area contributed by atoms with Crippen LogP contribution < -0.4 is 5.32 Å². The van der Waals surface area contributed by atoms with Gasteiger partial charge in [0.05, 0.1) is 23.9 Å². The number of nitrogens with one attached hydrogen (secondary N) is 1. The van der Waals surface area contributed by atoms with Crippen molar-refractivity contribution >= 4 is 22.9 Å². The third kappa shape index (κ3) is 3.33. The van der Waals surface area contributed by atoms with Crippen LogP contribution in [0.15, 0.2) is 30.6 Å². The van der Waals surface area contributed by atoms with Gasteiger partial charge in [0.1, 0.15) is 0 Å². The second kappa shape index (κ2) is 6.16. The van der Waals surface area contributed by atoms with Crippen molar-refractivity contribution in [1.82, 2.24) is 14.9 Å². The van der Waals surface area contributed by atoms with Gasteiger partial charge in [0, 0.05) is 13.0 Å². The van der Waals surface area contributed by atoms with Gasteiger partial charge in [0.25, 0.3) is 0 Å². The van der Waals surface area contributed by atoms with Crippen molar-refractivity contribution in [2.45, 2.75) is 19.1 Å². The normalized spacial score (nSPS) is 12.2. The molecule has 2 aromatic rings. The number of benzene rings is 1. The van der Waals surface area contributed by atoms with E-state index in [9.17, 15) is 9.59 Å². The number of carboxylic acids is 1. The summed E-state index contributed by atoms with van der Waals surface area (Å²) in [6.07, 6.45) is 0.268. The van der Waals surface area contributed by atoms with Crippen LogP contribution in [0.5, 0.6) is 0 Å². The summed E-state index contributed by atoms with van der Waals surface area (Å²) in [7, 11) is 0. The van der Waals surface area contributed by atoms with Crippen LogP contribution in [0.3, 0.4) is 0 Å². The highest BCUT2D eigenvalue weighted by Crippen LogP contribution is 2.11. The number of hydrogen-bond donors (Lipinski definition) is 3. The lowest BCUT2D eigenvalue weighted by molar-refractivity contribution is -0.146. The lowest BCUT2D eigenvalue weighted by Gasteiger charge is -2.08. The van der Waals surface area contributed by atoms with Gasteiger partial charge in [-0.25, -0.2) is 9.78 Å². The van der Waals surface area contributed by atoms with Crippen LogP contribution in [-0.4, -0.2) is 44.3 Å². The molecule has 3 N–H and O–H groups in total. The zero-order valence-corrected chi connectivity index (χ0v) is 10.7. The summed E-state index contributed by atoms with van der Waals surface area (Å²) in [5, 5.41) is 19.9. The Hall–Kier alpha value is -2.41. The summed E-state index contributed by atoms with van der Waals surface area (Å²) in [5.74, 6) is -1.67. The van der Waals surface area contributed by atoms with Crippen LogP contribution in [0.25, 0.3) is 11.0 Å². The second-order valence-corrected chi connectivity index (χ2v) is 4.33. The fraction of sp³-hybridized carbons (Fsp3) is 0.308. The Balaban J connectivity index is 1.86. The van der Waals surface area contributed by atoms with Crippen molar-refractivity contribution in [1.29, 1.82) is 0 Å². The topological polar surface area (TPSA) is 104 Å². The van der Waals surface area contributed by atoms with E-state index >= 15 is 0 Å². The van der Waals surface area contributed by atoms with E-state index in [2.05, 4.69) is 10.3 Å². The van der Waals surface area contributed by atoms with E-state index in [0.29, 0.717) is 6.54 Å². The van der Waals surface area contributed by atoms with Crippen LogP contribution in [0.2, 0.25) is 0 Å². The molecule has 0 bridgehead atoms. The summed E-state index contributed by atoms with van der Waals surface area (Å²) in [5.41, 5.74) is 1.79. The summed E-state index contributed by atoms with van der Waals surface area (Å²) in [6, 6.07) is 7.58. The first kappa shape index (κ1) is 14.0. The van der Waals surface area contributed by atoms with Crippen LogP contribution in [0.1, 0.15) is 6.42 Å². The van der Waals surface area contributed by atoms with Crippen LogP contribution in [-0.2, 0) is 16.1 Å². The predicted octanol–water partition coefficient (Wildman–Crippen LogP) is -0.0119. The van der Waals surface area contributed by atoms with Gasteiger partial charge in [0.2, 0.25) is 5.91 Å². The van der Waals surface area contributed by atoms with Gasteiger partial charge in [-0.1, -0.05) is 12.1 Å². The molecule has 1 unspecified atom stereocenters. The first-order valence-electron chi connectivity index (χ1n) is 6.15. The number of carbonyl (C=O) groups is 2. The highest BCUT2D eigenvalue weighted by Gasteiger charge is 2.14. The quantitative estimate of drug-likeness (QED) is 0.688. The molecule has 1 heterocycles. The van der Waals surface area contributed by atoms with E-state index < -0.39 is 12.1 Å². The third-order valence-corrected chi connectivity index (χ3v) is 2.88. The number of nitrogens with zero attached hydrogens (tertiary/aromatic N) is 2. The molecule has 0 aliphatic rings. The van der Waals surface area contributed by atoms with Crippen LogP contribution >= 0.6 is 0 Å². The van der Waals surface area contributed by atoms with Crippen molar-refractivity contribution in [2.24, 2.45) is 0 Å². The Morgan fingerprint density at radius 1 is 1.35 bits per heavy atom. The molecule has 7 heteroatoms. The Bertz CT molecular complexity index is 623. The number of aryl methyl sites for hydroxylation is 1. The van der Waals surface area contributed by atoms with Gasteiger partial charge in [-0.2, -0.15) is 0 Å². The fourth-order valence-corrected chi connectivity index (χ4v) is 1.80. The number of fused-ring (bicyclic) bond motifs is 1. The van der Waals surface area contributed by atoms with Gasteiger partial charge in [-0.15, -0.1) is 0 Å². The average molecular weight is 277 g/mol. The molecule has 1 amide bonds. The van der Waals surface area contributed by atoms with Gasteiger partial charge in [-0.3, -0.25) is 4.79 Å². The van der Waals surface area contributed by atoms with E-state index in [0.717, 1.165) is 11.0 Å². The smallest absolute Gasteiger partial charge is 0.334 e. The molecular weight excluding hydrogens is 262 g/mol. The molecule has 7 nitrogen and oxygen atoms in total. The molecule has 0 spiro atoms. The highest BCUT2D eigenvalue weighted by atomic mass is 16.4. The van der Waals surface area contributed by atoms with Crippen molar-refractivity contribution in [3.63, 3.8) is 0 Å². The molecule has 0 aliphatic heterocycles. The maximum absolute atomic E-state index is 11.6. The lowest BCUT2D eigenvalue weighted by Crippen LogP contribution is -2.36. The standard InChI is InChI=1S/C13H15N3O4/c17-11(13(19)20)7-14-12(18)5-6-16-8-15-9-3-1-2-4-10(9)16/h1-4,8,11,17H,5-7H2,(H,14,18)(H,19,20). The monoisotopic (exact) mass is 277 g/mol. The van der Waals surface area contributed by atoms with E-state index in [-0.39, 0.29) is 18.9 Å². The zero-order chi connectivity index (χ0) is 14.5. The van der Waals surface area contributed by atoms with Crippen molar-refractivity contribution in [2.75, 3.05) is 6.54 Å². The molecule has 0 aliphatic carbocycles. The molecule has 0 saturated heterocycles. The van der Waals surface area contributed by atoms with Crippen molar-refractivity contribution in [3.05, 3.63) is 30.6 Å². The molecule has 20 heavy (non-hydrogen) atoms. The minimum atomic E-state index is -1.58. The van der Waals surface area contributed by atoms with Gasteiger partial charge in [-0.05, 0) is 12.1 Å². The minimum absolute atomic E-state index is 0.187. The number of aliphatic hydroxyl groups excluding tert-OH is 1. The number of aliphatic hydroxyl groups is 1. The number of imidazole rings is 1. The van der Waals surface area contributed by atoms with Crippen molar-refractivity contribution in [3.8, 4) is 0 Å². The molecule has 106 valence electrons. The van der Waals surface area contributed by atoms with Crippen molar-refractivity contribution < 1.29 is 19.8 Å². The maximum Gasteiger partial charge on any atom is 0.334 e. The summed E-state index contributed by atoms with van der Waals surface area (Å²) < 4.78 is 1.85. The summed E-state index contributed by atoms with van der Waals surface area (Å²) in [6.45, 7) is 0.147. The summed E-state index contributed by atoms with van der Waals surface area (Å²) >= 11 is 0. The third-order valence-electron chi connectivity index (χ3n) is 2.88. The number of carboxylic acid groups (broad SMARTS) is 1. The number of rotatable bonds is 6. The van der Waals surface area contributed by atoms with E-state index in [1.165, 1.54) is 0 Å². The Labute approximate surface area is 114 Å². The maximum atomic E-state index is 11.6. The number of carbonyl (C=O) groups excluding carboxylic acids is 1. The predicted molar refractivity (Wildman–Crippen MR) is 71.0 cm³/mol. The van der Waals surface area contributed by atoms with E-state index in [1.807, 2.05) is 28.8 Å². The number of hydrogen-bond acceptors (Lipinski definition) is 4. The molecule has 0 radical (unpaired) electrons. The van der Waals surface area contributed by atoms with Crippen LogP contribution in [0.4, 0.5) is 0 Å². The lowest BCUT2D eigenvalue weighted by atomic mass is 10.3. The molecule has 0 saturated carbocycles.